The van der Waals surface area contributed by atoms with Crippen LogP contribution in [0.3, 0.4) is 0 Å². The maximum absolute atomic E-state index is 13.0. The van der Waals surface area contributed by atoms with Gasteiger partial charge in [0.1, 0.15) is 11.3 Å². The number of benzene rings is 2. The van der Waals surface area contributed by atoms with Crippen LogP contribution in [0.1, 0.15) is 23.3 Å². The van der Waals surface area contributed by atoms with Crippen LogP contribution in [-0.4, -0.2) is 17.9 Å². The number of ether oxygens (including phenoxy) is 1. The minimum atomic E-state index is -0.347. The highest BCUT2D eigenvalue weighted by Gasteiger charge is 2.27. The van der Waals surface area contributed by atoms with Crippen LogP contribution < -0.4 is 9.30 Å². The average molecular weight is 343 g/mol. The van der Waals surface area contributed by atoms with Crippen molar-refractivity contribution in [3.8, 4) is 5.75 Å². The van der Waals surface area contributed by atoms with E-state index in [4.69, 9.17) is 4.74 Å². The Labute approximate surface area is 151 Å². The first-order chi connectivity index (χ1) is 12.7. The van der Waals surface area contributed by atoms with Gasteiger partial charge < -0.3 is 4.74 Å². The lowest BCUT2D eigenvalue weighted by molar-refractivity contribution is -0.678. The van der Waals surface area contributed by atoms with E-state index >= 15 is 0 Å². The minimum absolute atomic E-state index is 0.0538. The third-order valence-electron chi connectivity index (χ3n) is 4.73. The molecule has 26 heavy (non-hydrogen) atoms. The third-order valence-corrected chi connectivity index (χ3v) is 4.73. The number of ketones is 1. The normalized spacial score (nSPS) is 12.2. The van der Waals surface area contributed by atoms with E-state index in [1.807, 2.05) is 54.1 Å². The van der Waals surface area contributed by atoms with Gasteiger partial charge in [0.15, 0.2) is 6.20 Å². The van der Waals surface area contributed by atoms with Gasteiger partial charge in [-0.1, -0.05) is 12.1 Å². The monoisotopic (exact) mass is 343 g/mol. The zero-order valence-electron chi connectivity index (χ0n) is 14.7. The molecule has 2 heterocycles. The van der Waals surface area contributed by atoms with E-state index in [1.165, 1.54) is 0 Å². The van der Waals surface area contributed by atoms with Crippen molar-refractivity contribution in [2.45, 2.75) is 13.0 Å². The summed E-state index contributed by atoms with van der Waals surface area (Å²) in [5.74, 6) is 0.792. The zero-order chi connectivity index (χ0) is 18.1. The van der Waals surface area contributed by atoms with Crippen molar-refractivity contribution in [3.05, 3.63) is 78.6 Å². The van der Waals surface area contributed by atoms with Crippen molar-refractivity contribution in [2.24, 2.45) is 0 Å². The number of pyridine rings is 2. The number of hydrogen-bond acceptors (Lipinski definition) is 3. The van der Waals surface area contributed by atoms with Gasteiger partial charge in [0.2, 0.25) is 17.3 Å². The quantitative estimate of drug-likeness (QED) is 0.318. The summed E-state index contributed by atoms with van der Waals surface area (Å²) in [7, 11) is 1.61. The average Bonchev–Trinajstić information content (AvgIpc) is 2.72. The highest BCUT2D eigenvalue weighted by Crippen LogP contribution is 2.22. The summed E-state index contributed by atoms with van der Waals surface area (Å²) >= 11 is 0. The zero-order valence-corrected chi connectivity index (χ0v) is 14.7. The molecule has 128 valence electrons. The van der Waals surface area contributed by atoms with Crippen LogP contribution in [-0.2, 0) is 0 Å². The van der Waals surface area contributed by atoms with Crippen molar-refractivity contribution in [1.82, 2.24) is 4.98 Å². The summed E-state index contributed by atoms with van der Waals surface area (Å²) < 4.78 is 7.19. The van der Waals surface area contributed by atoms with Crippen molar-refractivity contribution < 1.29 is 14.1 Å². The standard InChI is InChI=1S/C22H19N2O2/c1-15(22(25)18-9-11-19(26-2)12-10-18)24-14-4-6-17-8-7-16-5-3-13-23-20(16)21(17)24/h3-15H,1-2H3/q+1/t15-/m0/s1. The van der Waals surface area contributed by atoms with Crippen LogP contribution in [0.5, 0.6) is 5.75 Å². The Morgan fingerprint density at radius 2 is 1.73 bits per heavy atom. The summed E-state index contributed by atoms with van der Waals surface area (Å²) in [6.07, 6.45) is 3.73. The van der Waals surface area contributed by atoms with Crippen LogP contribution in [0.2, 0.25) is 0 Å². The molecule has 0 fully saturated rings. The van der Waals surface area contributed by atoms with E-state index in [9.17, 15) is 4.79 Å². The summed E-state index contributed by atoms with van der Waals surface area (Å²) in [4.78, 5) is 17.6. The molecule has 1 atom stereocenters. The Hall–Kier alpha value is -3.27. The van der Waals surface area contributed by atoms with Gasteiger partial charge in [-0.3, -0.25) is 4.79 Å². The van der Waals surface area contributed by atoms with Gasteiger partial charge in [-0.2, -0.15) is 4.57 Å². The van der Waals surface area contributed by atoms with Gasteiger partial charge in [0.05, 0.1) is 7.11 Å². The second-order valence-electron chi connectivity index (χ2n) is 6.26. The number of methoxy groups -OCH3 is 1. The molecule has 0 unspecified atom stereocenters. The lowest BCUT2D eigenvalue weighted by Gasteiger charge is -2.10. The Balaban J connectivity index is 1.84. The summed E-state index contributed by atoms with van der Waals surface area (Å²) in [5.41, 5.74) is 2.54. The smallest absolute Gasteiger partial charge is 0.239 e. The Morgan fingerprint density at radius 1 is 1.00 bits per heavy atom. The molecule has 4 aromatic rings. The molecule has 0 aliphatic carbocycles. The molecule has 0 spiro atoms. The summed E-state index contributed by atoms with van der Waals surface area (Å²) in [6, 6.07) is 19.0. The van der Waals surface area contributed by atoms with E-state index in [-0.39, 0.29) is 11.8 Å². The Morgan fingerprint density at radius 3 is 2.50 bits per heavy atom. The van der Waals surface area contributed by atoms with Crippen molar-refractivity contribution >= 4 is 27.6 Å². The molecule has 0 amide bonds. The number of hydrogen-bond donors (Lipinski definition) is 0. The van der Waals surface area contributed by atoms with Crippen LogP contribution in [0.15, 0.2) is 73.1 Å². The molecule has 4 heteroatoms. The molecule has 4 rings (SSSR count). The SMILES string of the molecule is COc1ccc(C(=O)[C@H](C)[n+]2cccc3ccc4cccnc4c32)cc1. The Kier molecular flexibility index (Phi) is 4.09. The number of fused-ring (bicyclic) bond motifs is 3. The molecule has 0 saturated carbocycles. The number of carbonyl (C=O) groups excluding carboxylic acids is 1. The maximum Gasteiger partial charge on any atom is 0.239 e. The molecular weight excluding hydrogens is 324 g/mol. The molecule has 0 saturated heterocycles. The van der Waals surface area contributed by atoms with E-state index in [0.29, 0.717) is 5.56 Å². The molecule has 2 aromatic carbocycles. The van der Waals surface area contributed by atoms with Gasteiger partial charge in [-0.05, 0) is 42.5 Å². The van der Waals surface area contributed by atoms with Crippen molar-refractivity contribution in [1.29, 1.82) is 0 Å². The molecule has 0 aliphatic heterocycles. The first-order valence-electron chi connectivity index (χ1n) is 8.55. The van der Waals surface area contributed by atoms with Crippen LogP contribution in [0.25, 0.3) is 21.8 Å². The fraction of sp³-hybridized carbons (Fsp3) is 0.136. The molecule has 0 N–H and O–H groups in total. The third kappa shape index (κ3) is 2.69. The number of aromatic nitrogens is 2. The van der Waals surface area contributed by atoms with Gasteiger partial charge in [0, 0.05) is 35.5 Å². The lowest BCUT2D eigenvalue weighted by atomic mass is 10.0. The summed E-state index contributed by atoms with van der Waals surface area (Å²) in [6.45, 7) is 1.92. The highest BCUT2D eigenvalue weighted by molar-refractivity contribution is 6.02. The molecule has 0 bridgehead atoms. The van der Waals surface area contributed by atoms with E-state index in [2.05, 4.69) is 17.1 Å². The van der Waals surface area contributed by atoms with Gasteiger partial charge in [-0.15, -0.1) is 0 Å². The molecule has 4 nitrogen and oxygen atoms in total. The largest absolute Gasteiger partial charge is 0.497 e. The number of nitrogens with zero attached hydrogens (tertiary/aromatic N) is 2. The van der Waals surface area contributed by atoms with E-state index in [0.717, 1.165) is 27.6 Å². The predicted octanol–water partition coefficient (Wildman–Crippen LogP) is 4.13. The molecule has 0 radical (unpaired) electrons. The van der Waals surface area contributed by atoms with Gasteiger partial charge in [-0.25, -0.2) is 4.98 Å². The van der Waals surface area contributed by atoms with Gasteiger partial charge in [0.25, 0.3) is 0 Å². The number of Topliss-reactive ketones (excluding diaryl/α,β-unsaturated/α-hetero) is 1. The van der Waals surface area contributed by atoms with E-state index < -0.39 is 0 Å². The highest BCUT2D eigenvalue weighted by atomic mass is 16.5. The fourth-order valence-corrected chi connectivity index (χ4v) is 3.31. The first-order valence-corrected chi connectivity index (χ1v) is 8.55. The van der Waals surface area contributed by atoms with Crippen LogP contribution in [0.4, 0.5) is 0 Å². The van der Waals surface area contributed by atoms with Crippen LogP contribution >= 0.6 is 0 Å². The van der Waals surface area contributed by atoms with Gasteiger partial charge >= 0.3 is 0 Å². The topological polar surface area (TPSA) is 43.1 Å². The second kappa shape index (κ2) is 6.56. The minimum Gasteiger partial charge on any atom is -0.497 e. The van der Waals surface area contributed by atoms with Crippen molar-refractivity contribution in [3.63, 3.8) is 0 Å². The predicted molar refractivity (Wildman–Crippen MR) is 101 cm³/mol. The lowest BCUT2D eigenvalue weighted by Crippen LogP contribution is -2.42. The molecular formula is C22H19N2O2+. The Bertz CT molecular complexity index is 1100. The fourth-order valence-electron chi connectivity index (χ4n) is 3.31. The van der Waals surface area contributed by atoms with E-state index in [1.54, 1.807) is 25.4 Å². The number of carbonyl (C=O) groups is 1. The van der Waals surface area contributed by atoms with Crippen molar-refractivity contribution in [2.75, 3.05) is 7.11 Å². The maximum atomic E-state index is 13.0. The van der Waals surface area contributed by atoms with Crippen LogP contribution in [0, 0.1) is 0 Å². The molecule has 0 aliphatic rings. The summed E-state index contributed by atoms with van der Waals surface area (Å²) in [5, 5.41) is 2.12. The first kappa shape index (κ1) is 16.2. The second-order valence-corrected chi connectivity index (χ2v) is 6.26. The molecule has 2 aromatic heterocycles. The number of rotatable bonds is 4.